The maximum atomic E-state index is 12.6. The molecule has 9 heteroatoms. The highest BCUT2D eigenvalue weighted by molar-refractivity contribution is 7.92. The highest BCUT2D eigenvalue weighted by atomic mass is 35.5. The third-order valence-corrected chi connectivity index (χ3v) is 5.39. The SMILES string of the molecule is COc1cccc(N(C(C)C(=O)Nc2cc(Cl)ccc2Cl)S(C)(=O)=O)c1. The van der Waals surface area contributed by atoms with Crippen LogP contribution in [0.4, 0.5) is 11.4 Å². The van der Waals surface area contributed by atoms with E-state index in [-0.39, 0.29) is 0 Å². The normalized spacial score (nSPS) is 12.3. The van der Waals surface area contributed by atoms with Crippen molar-refractivity contribution in [3.05, 3.63) is 52.5 Å². The molecule has 1 N–H and O–H groups in total. The van der Waals surface area contributed by atoms with E-state index in [1.807, 2.05) is 0 Å². The van der Waals surface area contributed by atoms with Crippen molar-refractivity contribution in [1.29, 1.82) is 0 Å². The average Bonchev–Trinajstić information content (AvgIpc) is 2.57. The number of ether oxygens (including phenoxy) is 1. The number of benzene rings is 2. The topological polar surface area (TPSA) is 75.7 Å². The van der Waals surface area contributed by atoms with Crippen LogP contribution < -0.4 is 14.4 Å². The summed E-state index contributed by atoms with van der Waals surface area (Å²) in [5.41, 5.74) is 0.613. The Labute approximate surface area is 162 Å². The van der Waals surface area contributed by atoms with Crippen LogP contribution in [0.25, 0.3) is 0 Å². The zero-order valence-electron chi connectivity index (χ0n) is 14.4. The van der Waals surface area contributed by atoms with E-state index in [4.69, 9.17) is 27.9 Å². The predicted molar refractivity (Wildman–Crippen MR) is 105 cm³/mol. The molecule has 2 aromatic rings. The van der Waals surface area contributed by atoms with Gasteiger partial charge in [-0.3, -0.25) is 9.10 Å². The summed E-state index contributed by atoms with van der Waals surface area (Å²) in [7, 11) is -2.27. The number of halogens is 2. The van der Waals surface area contributed by atoms with Crippen LogP contribution in [0, 0.1) is 0 Å². The van der Waals surface area contributed by atoms with Crippen molar-refractivity contribution in [3.63, 3.8) is 0 Å². The van der Waals surface area contributed by atoms with Crippen molar-refractivity contribution in [2.24, 2.45) is 0 Å². The third-order valence-electron chi connectivity index (χ3n) is 3.58. The summed E-state index contributed by atoms with van der Waals surface area (Å²) in [6.45, 7) is 1.48. The second-order valence-corrected chi connectivity index (χ2v) is 8.25. The fourth-order valence-corrected chi connectivity index (χ4v) is 3.89. The molecule has 0 radical (unpaired) electrons. The van der Waals surface area contributed by atoms with E-state index >= 15 is 0 Å². The summed E-state index contributed by atoms with van der Waals surface area (Å²) in [4.78, 5) is 12.6. The van der Waals surface area contributed by atoms with Gasteiger partial charge < -0.3 is 10.1 Å². The second kappa shape index (κ2) is 8.16. The zero-order valence-corrected chi connectivity index (χ0v) is 16.7. The number of nitrogens with zero attached hydrogens (tertiary/aromatic N) is 1. The quantitative estimate of drug-likeness (QED) is 0.776. The first kappa shape index (κ1) is 20.4. The van der Waals surface area contributed by atoms with Gasteiger partial charge in [0.15, 0.2) is 0 Å². The van der Waals surface area contributed by atoms with Crippen molar-refractivity contribution >= 4 is 50.5 Å². The fraction of sp³-hybridized carbons (Fsp3) is 0.235. The zero-order chi connectivity index (χ0) is 19.5. The number of carbonyl (C=O) groups is 1. The molecule has 0 aromatic heterocycles. The lowest BCUT2D eigenvalue weighted by atomic mass is 10.2. The van der Waals surface area contributed by atoms with Gasteiger partial charge in [-0.15, -0.1) is 0 Å². The molecule has 0 fully saturated rings. The minimum atomic E-state index is -3.74. The number of carbonyl (C=O) groups excluding carboxylic acids is 1. The molecule has 0 aliphatic heterocycles. The molecule has 0 bridgehead atoms. The van der Waals surface area contributed by atoms with E-state index in [9.17, 15) is 13.2 Å². The number of hydrogen-bond acceptors (Lipinski definition) is 4. The predicted octanol–water partition coefficient (Wildman–Crippen LogP) is 3.80. The number of nitrogens with one attached hydrogen (secondary N) is 1. The molecule has 0 saturated carbocycles. The fourth-order valence-electron chi connectivity index (χ4n) is 2.39. The smallest absolute Gasteiger partial charge is 0.248 e. The highest BCUT2D eigenvalue weighted by Crippen LogP contribution is 2.28. The van der Waals surface area contributed by atoms with E-state index in [1.54, 1.807) is 30.3 Å². The highest BCUT2D eigenvalue weighted by Gasteiger charge is 2.29. The summed E-state index contributed by atoms with van der Waals surface area (Å²) in [5.74, 6) is -0.0796. The van der Waals surface area contributed by atoms with Crippen molar-refractivity contribution in [2.75, 3.05) is 23.0 Å². The number of anilines is 2. The maximum Gasteiger partial charge on any atom is 0.248 e. The van der Waals surface area contributed by atoms with Crippen molar-refractivity contribution in [3.8, 4) is 5.75 Å². The Morgan fingerprint density at radius 2 is 1.88 bits per heavy atom. The van der Waals surface area contributed by atoms with Crippen molar-refractivity contribution in [1.82, 2.24) is 0 Å². The Bertz CT molecular complexity index is 919. The summed E-state index contributed by atoms with van der Waals surface area (Å²) in [5, 5.41) is 3.30. The molecule has 140 valence electrons. The molecule has 0 heterocycles. The molecular formula is C17H18Cl2N2O4S. The van der Waals surface area contributed by atoms with Crippen LogP contribution in [-0.4, -0.2) is 33.7 Å². The van der Waals surface area contributed by atoms with Gasteiger partial charge in [0.25, 0.3) is 0 Å². The van der Waals surface area contributed by atoms with E-state index in [0.717, 1.165) is 10.6 Å². The number of methoxy groups -OCH3 is 1. The average molecular weight is 417 g/mol. The molecule has 1 atom stereocenters. The molecular weight excluding hydrogens is 399 g/mol. The molecule has 0 aliphatic rings. The first-order chi connectivity index (χ1) is 12.1. The summed E-state index contributed by atoms with van der Waals surface area (Å²) >= 11 is 12.0. The van der Waals surface area contributed by atoms with E-state index in [1.165, 1.54) is 26.2 Å². The van der Waals surface area contributed by atoms with Gasteiger partial charge in [0.2, 0.25) is 15.9 Å². The Morgan fingerprint density at radius 3 is 2.50 bits per heavy atom. The molecule has 0 saturated heterocycles. The Morgan fingerprint density at radius 1 is 1.19 bits per heavy atom. The lowest BCUT2D eigenvalue weighted by Gasteiger charge is -2.28. The van der Waals surface area contributed by atoms with Gasteiger partial charge in [-0.05, 0) is 37.3 Å². The lowest BCUT2D eigenvalue weighted by Crippen LogP contribution is -2.45. The van der Waals surface area contributed by atoms with Crippen LogP contribution in [0.3, 0.4) is 0 Å². The molecule has 0 aliphatic carbocycles. The molecule has 6 nitrogen and oxygen atoms in total. The second-order valence-electron chi connectivity index (χ2n) is 5.55. The van der Waals surface area contributed by atoms with Crippen LogP contribution >= 0.6 is 23.2 Å². The summed E-state index contributed by atoms with van der Waals surface area (Å²) < 4.78 is 30.8. The first-order valence-corrected chi connectivity index (χ1v) is 10.1. The van der Waals surface area contributed by atoms with Gasteiger partial charge in [-0.2, -0.15) is 0 Å². The minimum absolute atomic E-state index is 0.294. The lowest BCUT2D eigenvalue weighted by molar-refractivity contribution is -0.116. The monoisotopic (exact) mass is 416 g/mol. The Hall–Kier alpha value is -1.96. The molecule has 1 amide bonds. The van der Waals surface area contributed by atoms with Crippen molar-refractivity contribution in [2.45, 2.75) is 13.0 Å². The van der Waals surface area contributed by atoms with Gasteiger partial charge in [0.05, 0.1) is 29.8 Å². The van der Waals surface area contributed by atoms with Crippen molar-refractivity contribution < 1.29 is 17.9 Å². The standard InChI is InChI=1S/C17H18Cl2N2O4S/c1-11(17(22)20-16-9-12(18)7-8-15(16)19)21(26(3,23)24)13-5-4-6-14(10-13)25-2/h4-11H,1-3H3,(H,20,22). The summed E-state index contributed by atoms with van der Waals surface area (Å²) in [6, 6.07) is 10.0. The number of amides is 1. The number of rotatable bonds is 6. The van der Waals surface area contributed by atoms with E-state index < -0.39 is 22.0 Å². The first-order valence-electron chi connectivity index (χ1n) is 7.53. The van der Waals surface area contributed by atoms with Crippen LogP contribution in [0.15, 0.2) is 42.5 Å². The van der Waals surface area contributed by atoms with Crippen LogP contribution in [0.2, 0.25) is 10.0 Å². The largest absolute Gasteiger partial charge is 0.497 e. The maximum absolute atomic E-state index is 12.6. The Kier molecular flexibility index (Phi) is 6.39. The summed E-state index contributed by atoms with van der Waals surface area (Å²) in [6.07, 6.45) is 1.03. The van der Waals surface area contributed by atoms with Gasteiger partial charge in [0.1, 0.15) is 11.8 Å². The van der Waals surface area contributed by atoms with Gasteiger partial charge in [-0.1, -0.05) is 29.3 Å². The number of hydrogen-bond donors (Lipinski definition) is 1. The minimum Gasteiger partial charge on any atom is -0.497 e. The van der Waals surface area contributed by atoms with Gasteiger partial charge >= 0.3 is 0 Å². The molecule has 2 aromatic carbocycles. The van der Waals surface area contributed by atoms with Gasteiger partial charge in [0, 0.05) is 11.1 Å². The van der Waals surface area contributed by atoms with Gasteiger partial charge in [-0.25, -0.2) is 8.42 Å². The molecule has 0 spiro atoms. The number of sulfonamides is 1. The molecule has 2 rings (SSSR count). The van der Waals surface area contributed by atoms with E-state index in [2.05, 4.69) is 5.32 Å². The third kappa shape index (κ3) is 4.81. The molecule has 26 heavy (non-hydrogen) atoms. The van der Waals surface area contributed by atoms with Crippen LogP contribution in [0.5, 0.6) is 5.75 Å². The van der Waals surface area contributed by atoms with Crippen LogP contribution in [0.1, 0.15) is 6.92 Å². The Balaban J connectivity index is 2.36. The van der Waals surface area contributed by atoms with Crippen LogP contribution in [-0.2, 0) is 14.8 Å². The van der Waals surface area contributed by atoms with E-state index in [0.29, 0.717) is 27.2 Å². The molecule has 1 unspecified atom stereocenters.